The van der Waals surface area contributed by atoms with Crippen molar-refractivity contribution in [1.29, 1.82) is 0 Å². The van der Waals surface area contributed by atoms with Gasteiger partial charge in [-0.05, 0) is 0 Å². The molecule has 0 unspecified atom stereocenters. The molecule has 9 heteroatoms. The highest BCUT2D eigenvalue weighted by molar-refractivity contribution is 6.90. The van der Waals surface area contributed by atoms with E-state index in [9.17, 15) is 19.2 Å². The van der Waals surface area contributed by atoms with Crippen LogP contribution in [-0.2, 0) is 19.2 Å². The summed E-state index contributed by atoms with van der Waals surface area (Å²) in [6, 6.07) is 0. The highest BCUT2D eigenvalue weighted by Crippen LogP contribution is 2.34. The number of aliphatic carboxylic acids is 4. The lowest BCUT2D eigenvalue weighted by atomic mass is 10.4. The summed E-state index contributed by atoms with van der Waals surface area (Å²) < 4.78 is 0. The van der Waals surface area contributed by atoms with Crippen LogP contribution in [0.5, 0.6) is 0 Å². The zero-order chi connectivity index (χ0) is 14.0. The van der Waals surface area contributed by atoms with Crippen molar-refractivity contribution in [3.05, 3.63) is 0 Å². The molecule has 0 aromatic carbocycles. The number of hydrogen-bond acceptors (Lipinski definition) is 4. The van der Waals surface area contributed by atoms with Gasteiger partial charge in [0.15, 0.2) is 0 Å². The Hall–Kier alpha value is -1.90. The molecule has 0 fully saturated rings. The predicted octanol–water partition coefficient (Wildman–Crippen LogP) is -0.226. The molecule has 0 aromatic heterocycles. The van der Waals surface area contributed by atoms with E-state index in [2.05, 4.69) is 0 Å². The third-order valence-electron chi connectivity index (χ3n) is 2.48. The minimum absolute atomic E-state index is 1.12. The largest absolute Gasteiger partial charge is 0.481 e. The van der Waals surface area contributed by atoms with Gasteiger partial charge in [-0.1, -0.05) is 13.1 Å². The maximum absolute atomic E-state index is 10.8. The number of rotatable bonds is 6. The molecule has 0 aliphatic rings. The summed E-state index contributed by atoms with van der Waals surface area (Å²) in [5.74, 6) is -6.88. The van der Waals surface area contributed by atoms with Crippen molar-refractivity contribution in [3.8, 4) is 0 Å². The van der Waals surface area contributed by atoms with Crippen molar-refractivity contribution < 1.29 is 39.6 Å². The van der Waals surface area contributed by atoms with Crippen LogP contribution in [0, 0.1) is 0 Å². The smallest absolute Gasteiger partial charge is 0.314 e. The maximum Gasteiger partial charge on any atom is 0.314 e. The van der Waals surface area contributed by atoms with Gasteiger partial charge in [-0.2, -0.15) is 0 Å². The lowest BCUT2D eigenvalue weighted by Gasteiger charge is -2.29. The fourth-order valence-corrected chi connectivity index (χ4v) is 4.53. The zero-order valence-electron chi connectivity index (χ0n) is 9.08. The van der Waals surface area contributed by atoms with Crippen molar-refractivity contribution in [3.63, 3.8) is 0 Å². The van der Waals surface area contributed by atoms with E-state index in [1.807, 2.05) is 0 Å². The molecule has 4 N–H and O–H groups in total. The molecule has 0 spiro atoms. The summed E-state index contributed by atoms with van der Waals surface area (Å²) >= 11 is 0. The molecule has 0 aliphatic carbocycles. The molecule has 8 nitrogen and oxygen atoms in total. The molecular weight excluding hydrogens is 252 g/mol. The van der Waals surface area contributed by atoms with Crippen molar-refractivity contribution in [2.75, 3.05) is 0 Å². The van der Waals surface area contributed by atoms with E-state index in [0.29, 0.717) is 0 Å². The Labute approximate surface area is 96.5 Å². The van der Waals surface area contributed by atoms with Gasteiger partial charge in [0.1, 0.15) is 19.2 Å². The summed E-state index contributed by atoms with van der Waals surface area (Å²) in [6.45, 7) is 2.24. The monoisotopic (exact) mass is 264 g/mol. The van der Waals surface area contributed by atoms with E-state index in [1.54, 1.807) is 0 Å². The first-order chi connectivity index (χ1) is 7.53. The van der Waals surface area contributed by atoms with E-state index in [1.165, 1.54) is 0 Å². The number of carboxylic acids is 4. The molecule has 96 valence electrons. The Balaban J connectivity index is 5.61. The number of carboxylic acid groups (broad SMARTS) is 4. The van der Waals surface area contributed by atoms with Gasteiger partial charge in [0, 0.05) is 0 Å². The third-order valence-corrected chi connectivity index (χ3v) is 6.44. The van der Waals surface area contributed by atoms with Crippen LogP contribution < -0.4 is 0 Å². The van der Waals surface area contributed by atoms with E-state index in [4.69, 9.17) is 20.4 Å². The lowest BCUT2D eigenvalue weighted by molar-refractivity contribution is -0.147. The van der Waals surface area contributed by atoms with Crippen LogP contribution in [0.15, 0.2) is 0 Å². The molecular formula is C8H12O8Si. The van der Waals surface area contributed by atoms with Crippen LogP contribution >= 0.6 is 0 Å². The minimum atomic E-state index is -3.61. The molecule has 17 heavy (non-hydrogen) atoms. The predicted molar refractivity (Wildman–Crippen MR) is 55.5 cm³/mol. The summed E-state index contributed by atoms with van der Waals surface area (Å²) in [7, 11) is -3.61. The van der Waals surface area contributed by atoms with Crippen LogP contribution in [0.4, 0.5) is 0 Å². The second-order valence-electron chi connectivity index (χ2n) is 4.04. The second kappa shape index (κ2) is 4.95. The Morgan fingerprint density at radius 3 is 1.00 bits per heavy atom. The van der Waals surface area contributed by atoms with Crippen molar-refractivity contribution in [2.45, 2.75) is 24.2 Å². The minimum Gasteiger partial charge on any atom is -0.481 e. The van der Waals surface area contributed by atoms with Crippen LogP contribution in [0.2, 0.25) is 24.2 Å². The first kappa shape index (κ1) is 15.1. The topological polar surface area (TPSA) is 149 Å². The fraction of sp³-hybridized carbons (Fsp3) is 0.500. The summed E-state index contributed by atoms with van der Waals surface area (Å²) in [4.78, 5) is 43.2. The van der Waals surface area contributed by atoms with E-state index in [-0.39, 0.29) is 0 Å². The summed E-state index contributed by atoms with van der Waals surface area (Å²) in [5.41, 5.74) is -3.97. The van der Waals surface area contributed by atoms with Gasteiger partial charge in [0.05, 0.1) is 0 Å². The molecule has 0 atom stereocenters. The molecule has 0 saturated carbocycles. The summed E-state index contributed by atoms with van der Waals surface area (Å²) in [6.07, 6.45) is 0. The average Bonchev–Trinajstić information content (AvgIpc) is 1.96. The van der Waals surface area contributed by atoms with Crippen molar-refractivity contribution in [1.82, 2.24) is 0 Å². The molecule has 0 rings (SSSR count). The second-order valence-corrected chi connectivity index (χ2v) is 8.84. The lowest BCUT2D eigenvalue weighted by Crippen LogP contribution is -2.50. The van der Waals surface area contributed by atoms with Crippen LogP contribution in [0.1, 0.15) is 0 Å². The van der Waals surface area contributed by atoms with Gasteiger partial charge in [-0.25, -0.2) is 0 Å². The van der Waals surface area contributed by atoms with E-state index >= 15 is 0 Å². The Kier molecular flexibility index (Phi) is 4.40. The highest BCUT2D eigenvalue weighted by Gasteiger charge is 2.54. The molecule has 0 bridgehead atoms. The molecule has 0 amide bonds. The quantitative estimate of drug-likeness (QED) is 0.379. The van der Waals surface area contributed by atoms with Gasteiger partial charge in [-0.3, -0.25) is 19.2 Å². The Morgan fingerprint density at radius 1 is 0.706 bits per heavy atom. The molecule has 0 aliphatic heterocycles. The van der Waals surface area contributed by atoms with Gasteiger partial charge in [-0.15, -0.1) is 0 Å². The van der Waals surface area contributed by atoms with Crippen LogP contribution in [0.3, 0.4) is 0 Å². The number of hydrogen-bond donors (Lipinski definition) is 4. The van der Waals surface area contributed by atoms with Gasteiger partial charge >= 0.3 is 23.9 Å². The van der Waals surface area contributed by atoms with Crippen LogP contribution in [0.25, 0.3) is 0 Å². The average molecular weight is 264 g/mol. The first-order valence-electron chi connectivity index (χ1n) is 4.44. The molecule has 0 radical (unpaired) electrons. The standard InChI is InChI=1S/C8H12O8Si/c1-17(2,3(5(9)10)6(11)12)4(7(13)14)8(15)16/h3-4H,1-2H3,(H,9,10)(H,11,12)(H,13,14)(H,15,16). The summed E-state index contributed by atoms with van der Waals surface area (Å²) in [5, 5.41) is 35.0. The molecule has 0 heterocycles. The first-order valence-corrected chi connectivity index (χ1v) is 7.60. The van der Waals surface area contributed by atoms with Crippen molar-refractivity contribution in [2.24, 2.45) is 0 Å². The van der Waals surface area contributed by atoms with E-state index < -0.39 is 43.0 Å². The van der Waals surface area contributed by atoms with Crippen LogP contribution in [-0.4, -0.2) is 52.4 Å². The third kappa shape index (κ3) is 3.03. The molecule has 0 aromatic rings. The van der Waals surface area contributed by atoms with E-state index in [0.717, 1.165) is 13.1 Å². The maximum atomic E-state index is 10.8. The Morgan fingerprint density at radius 2 is 0.882 bits per heavy atom. The molecule has 0 saturated heterocycles. The van der Waals surface area contributed by atoms with Crippen molar-refractivity contribution >= 4 is 32.0 Å². The SMILES string of the molecule is C[Si](C)(C(C(=O)O)C(=O)O)C(C(=O)O)C(=O)O. The Bertz CT molecular complexity index is 312. The van der Waals surface area contributed by atoms with Gasteiger partial charge in [0.2, 0.25) is 0 Å². The normalized spacial score (nSPS) is 11.5. The zero-order valence-corrected chi connectivity index (χ0v) is 10.1. The number of carbonyl (C=O) groups is 4. The van der Waals surface area contributed by atoms with Gasteiger partial charge < -0.3 is 20.4 Å². The highest BCUT2D eigenvalue weighted by atomic mass is 28.3. The van der Waals surface area contributed by atoms with Gasteiger partial charge in [0.25, 0.3) is 0 Å². The fourth-order valence-electron chi connectivity index (χ4n) is 1.65.